The maximum atomic E-state index is 4.71. The average Bonchev–Trinajstić information content (AvgIpc) is 3.36. The van der Waals surface area contributed by atoms with E-state index in [1.54, 1.807) is 0 Å². The summed E-state index contributed by atoms with van der Waals surface area (Å²) >= 11 is 0. The summed E-state index contributed by atoms with van der Waals surface area (Å²) < 4.78 is 2.05. The lowest BCUT2D eigenvalue weighted by molar-refractivity contribution is 0.565. The minimum Gasteiger partial charge on any atom is -0.345 e. The minimum atomic E-state index is 0.195. The fourth-order valence-electron chi connectivity index (χ4n) is 3.82. The monoisotopic (exact) mass is 387 g/mol. The Labute approximate surface area is 172 Å². The number of benzene rings is 2. The van der Waals surface area contributed by atoms with Crippen molar-refractivity contribution < 1.29 is 0 Å². The van der Waals surface area contributed by atoms with Crippen molar-refractivity contribution in [1.82, 2.24) is 25.1 Å². The summed E-state index contributed by atoms with van der Waals surface area (Å²) in [5.74, 6) is 1.08. The second-order valence-corrected chi connectivity index (χ2v) is 7.66. The van der Waals surface area contributed by atoms with Gasteiger partial charge in [0.2, 0.25) is 0 Å². The van der Waals surface area contributed by atoms with Crippen molar-refractivity contribution in [2.24, 2.45) is 0 Å². The summed E-state index contributed by atoms with van der Waals surface area (Å²) in [5.41, 5.74) is 4.62. The third-order valence-corrected chi connectivity index (χ3v) is 5.56. The third kappa shape index (κ3) is 4.10. The van der Waals surface area contributed by atoms with Crippen LogP contribution < -0.4 is 5.32 Å². The Hall–Kier alpha value is -2.92. The van der Waals surface area contributed by atoms with Crippen LogP contribution in [0, 0.1) is 6.92 Å². The topological polar surface area (TPSA) is 58.5 Å². The molecule has 5 heteroatoms. The molecule has 0 aliphatic heterocycles. The number of nitrogens with one attached hydrogen (secondary N) is 2. The van der Waals surface area contributed by atoms with Crippen LogP contribution in [-0.4, -0.2) is 19.7 Å². The first-order valence-electron chi connectivity index (χ1n) is 10.5. The van der Waals surface area contributed by atoms with Crippen molar-refractivity contribution in [3.63, 3.8) is 0 Å². The number of aromatic nitrogens is 4. The van der Waals surface area contributed by atoms with Gasteiger partial charge in [-0.15, -0.1) is 0 Å². The maximum Gasteiger partial charge on any atom is 0.106 e. The van der Waals surface area contributed by atoms with E-state index < -0.39 is 0 Å². The van der Waals surface area contributed by atoms with Crippen LogP contribution in [0.5, 0.6) is 0 Å². The molecule has 2 N–H and O–H groups in total. The highest BCUT2D eigenvalue weighted by Crippen LogP contribution is 2.26. The van der Waals surface area contributed by atoms with Gasteiger partial charge in [-0.3, -0.25) is 0 Å². The van der Waals surface area contributed by atoms with Crippen LogP contribution in [0.3, 0.4) is 0 Å². The van der Waals surface area contributed by atoms with Gasteiger partial charge in [0.05, 0.1) is 11.9 Å². The largest absolute Gasteiger partial charge is 0.345 e. The Kier molecular flexibility index (Phi) is 5.76. The van der Waals surface area contributed by atoms with Gasteiger partial charge in [0, 0.05) is 47.5 Å². The molecule has 0 saturated heterocycles. The Morgan fingerprint density at radius 2 is 1.93 bits per heavy atom. The quantitative estimate of drug-likeness (QED) is 0.434. The second kappa shape index (κ2) is 8.62. The first-order chi connectivity index (χ1) is 14.2. The predicted octanol–water partition coefficient (Wildman–Crippen LogP) is 5.25. The van der Waals surface area contributed by atoms with E-state index in [9.17, 15) is 0 Å². The summed E-state index contributed by atoms with van der Waals surface area (Å²) in [6.45, 7) is 7.29. The third-order valence-electron chi connectivity index (χ3n) is 5.56. The smallest absolute Gasteiger partial charge is 0.106 e. The van der Waals surface area contributed by atoms with E-state index in [-0.39, 0.29) is 6.04 Å². The van der Waals surface area contributed by atoms with Gasteiger partial charge < -0.3 is 10.3 Å². The molecule has 150 valence electrons. The number of nitrogens with zero attached hydrogens (tertiary/aromatic N) is 3. The number of hydrogen-bond acceptors (Lipinski definition) is 3. The van der Waals surface area contributed by atoms with Crippen LogP contribution in [0.2, 0.25) is 0 Å². The lowest BCUT2D eigenvalue weighted by Gasteiger charge is -2.14. The van der Waals surface area contributed by atoms with Crippen molar-refractivity contribution in [2.75, 3.05) is 0 Å². The molecule has 0 amide bonds. The Morgan fingerprint density at radius 1 is 1.10 bits per heavy atom. The molecule has 0 fully saturated rings. The number of unbranched alkanes of at least 4 members (excludes halogenated alkanes) is 1. The lowest BCUT2D eigenvalue weighted by Crippen LogP contribution is -2.19. The van der Waals surface area contributed by atoms with Crippen molar-refractivity contribution in [2.45, 2.75) is 52.6 Å². The van der Waals surface area contributed by atoms with Crippen LogP contribution in [0.25, 0.3) is 16.5 Å². The number of imidazole rings is 1. The van der Waals surface area contributed by atoms with Crippen molar-refractivity contribution in [3.05, 3.63) is 77.6 Å². The number of aryl methyl sites for hydroxylation is 1. The number of H-pyrrole nitrogens is 1. The standard InChI is InChI=1S/C24H29N5/c1-4-5-13-24-26-15-20(28-24)14-25-17(2)22-16-27-29(18(22)3)23-12-8-10-19-9-6-7-11-21(19)23/h6-12,15-17,25H,4-5,13-14H2,1-3H3,(H,26,28)/t17-/m1/s1. The maximum absolute atomic E-state index is 4.71. The molecule has 2 aromatic heterocycles. The Morgan fingerprint density at radius 3 is 2.79 bits per heavy atom. The summed E-state index contributed by atoms with van der Waals surface area (Å²) in [6, 6.07) is 15.0. The van der Waals surface area contributed by atoms with Gasteiger partial charge in [-0.2, -0.15) is 5.10 Å². The highest BCUT2D eigenvalue weighted by Gasteiger charge is 2.15. The number of fused-ring (bicyclic) bond motifs is 1. The summed E-state index contributed by atoms with van der Waals surface area (Å²) in [5, 5.41) is 10.8. The number of rotatable bonds is 8. The van der Waals surface area contributed by atoms with Gasteiger partial charge in [0.25, 0.3) is 0 Å². The molecule has 4 rings (SSSR count). The first-order valence-corrected chi connectivity index (χ1v) is 10.5. The zero-order valence-electron chi connectivity index (χ0n) is 17.4. The SMILES string of the molecule is CCCCc1ncc(CN[C@H](C)c2cnn(-c3cccc4ccccc34)c2C)[nH]1. The molecule has 0 saturated carbocycles. The van der Waals surface area contributed by atoms with Gasteiger partial charge in [0.1, 0.15) is 5.82 Å². The van der Waals surface area contributed by atoms with E-state index in [4.69, 9.17) is 5.10 Å². The molecular weight excluding hydrogens is 358 g/mol. The summed E-state index contributed by atoms with van der Waals surface area (Å²) in [7, 11) is 0. The molecule has 29 heavy (non-hydrogen) atoms. The van der Waals surface area contributed by atoms with Crippen LogP contribution in [-0.2, 0) is 13.0 Å². The summed E-state index contributed by atoms with van der Waals surface area (Å²) in [4.78, 5) is 7.91. The Balaban J connectivity index is 1.50. The van der Waals surface area contributed by atoms with Gasteiger partial charge in [0.15, 0.2) is 0 Å². The van der Waals surface area contributed by atoms with Crippen LogP contribution >= 0.6 is 0 Å². The van der Waals surface area contributed by atoms with Gasteiger partial charge in [-0.1, -0.05) is 49.7 Å². The molecule has 0 spiro atoms. The molecule has 0 unspecified atom stereocenters. The van der Waals surface area contributed by atoms with Crippen LogP contribution in [0.15, 0.2) is 54.9 Å². The lowest BCUT2D eigenvalue weighted by atomic mass is 10.1. The molecular formula is C24H29N5. The first kappa shape index (κ1) is 19.4. The fraction of sp³-hybridized carbons (Fsp3) is 0.333. The Bertz CT molecular complexity index is 1090. The van der Waals surface area contributed by atoms with Gasteiger partial charge in [-0.05, 0) is 31.7 Å². The van der Waals surface area contributed by atoms with Crippen molar-refractivity contribution in [3.8, 4) is 5.69 Å². The number of hydrogen-bond donors (Lipinski definition) is 2. The van der Waals surface area contributed by atoms with Crippen molar-refractivity contribution in [1.29, 1.82) is 0 Å². The molecule has 2 aromatic carbocycles. The normalized spacial score (nSPS) is 12.5. The fourth-order valence-corrected chi connectivity index (χ4v) is 3.82. The molecule has 5 nitrogen and oxygen atoms in total. The van der Waals surface area contributed by atoms with E-state index in [2.05, 4.69) is 83.2 Å². The molecule has 1 atom stereocenters. The average molecular weight is 388 g/mol. The molecule has 0 radical (unpaired) electrons. The highest BCUT2D eigenvalue weighted by atomic mass is 15.3. The van der Waals surface area contributed by atoms with E-state index in [1.165, 1.54) is 29.2 Å². The molecule has 0 bridgehead atoms. The van der Waals surface area contributed by atoms with Crippen LogP contribution in [0.1, 0.15) is 55.5 Å². The summed E-state index contributed by atoms with van der Waals surface area (Å²) in [6.07, 6.45) is 7.29. The second-order valence-electron chi connectivity index (χ2n) is 7.66. The van der Waals surface area contributed by atoms with Gasteiger partial charge >= 0.3 is 0 Å². The molecule has 0 aliphatic rings. The predicted molar refractivity (Wildman–Crippen MR) is 118 cm³/mol. The highest BCUT2D eigenvalue weighted by molar-refractivity contribution is 5.90. The van der Waals surface area contributed by atoms with E-state index in [0.717, 1.165) is 35.9 Å². The zero-order chi connectivity index (χ0) is 20.2. The minimum absolute atomic E-state index is 0.195. The molecule has 2 heterocycles. The van der Waals surface area contributed by atoms with E-state index in [0.29, 0.717) is 0 Å². The van der Waals surface area contributed by atoms with Gasteiger partial charge in [-0.25, -0.2) is 9.67 Å². The molecule has 4 aromatic rings. The molecule has 0 aliphatic carbocycles. The van der Waals surface area contributed by atoms with Crippen molar-refractivity contribution >= 4 is 10.8 Å². The van der Waals surface area contributed by atoms with Crippen LogP contribution in [0.4, 0.5) is 0 Å². The number of aromatic amines is 1. The van der Waals surface area contributed by atoms with E-state index in [1.807, 2.05) is 12.4 Å². The zero-order valence-corrected chi connectivity index (χ0v) is 17.4. The van der Waals surface area contributed by atoms with E-state index >= 15 is 0 Å².